The lowest BCUT2D eigenvalue weighted by Crippen LogP contribution is -2.52. The molecular weight excluding hydrogens is 344 g/mol. The van der Waals surface area contributed by atoms with Crippen molar-refractivity contribution >= 4 is 12.0 Å². The summed E-state index contributed by atoms with van der Waals surface area (Å²) in [7, 11) is 0. The first-order valence-electron chi connectivity index (χ1n) is 9.74. The molecule has 144 valence electrons. The Labute approximate surface area is 153 Å². The van der Waals surface area contributed by atoms with E-state index in [0.29, 0.717) is 0 Å². The molecule has 2 aliphatic heterocycles. The van der Waals surface area contributed by atoms with Crippen LogP contribution in [-0.4, -0.2) is 51.3 Å². The highest BCUT2D eigenvalue weighted by atomic mass is 32.2. The first-order chi connectivity index (χ1) is 11.7. The Morgan fingerprint density at radius 3 is 1.80 bits per heavy atom. The van der Waals surface area contributed by atoms with E-state index in [1.54, 1.807) is 0 Å². The van der Waals surface area contributed by atoms with Gasteiger partial charge in [-0.1, -0.05) is 12.8 Å². The molecule has 7 heteroatoms. The normalized spacial score (nSPS) is 44.3. The van der Waals surface area contributed by atoms with Gasteiger partial charge in [-0.15, -0.1) is 0 Å². The smallest absolute Gasteiger partial charge is 0.169 e. The maximum atomic E-state index is 9.83. The van der Waals surface area contributed by atoms with Crippen LogP contribution in [0, 0.1) is 0 Å². The van der Waals surface area contributed by atoms with Crippen LogP contribution in [0.4, 0.5) is 0 Å². The van der Waals surface area contributed by atoms with Crippen molar-refractivity contribution in [3.8, 4) is 0 Å². The molecule has 3 unspecified atom stereocenters. The third-order valence-electron chi connectivity index (χ3n) is 6.63. The summed E-state index contributed by atoms with van der Waals surface area (Å²) in [6, 6.07) is 0. The van der Waals surface area contributed by atoms with Gasteiger partial charge < -0.3 is 29.0 Å². The van der Waals surface area contributed by atoms with Crippen LogP contribution in [0.15, 0.2) is 0 Å². The highest BCUT2D eigenvalue weighted by Gasteiger charge is 2.63. The third kappa shape index (κ3) is 3.06. The third-order valence-corrected chi connectivity index (χ3v) is 7.36. The number of rotatable bonds is 1. The summed E-state index contributed by atoms with van der Waals surface area (Å²) in [6.45, 7) is 0. The minimum atomic E-state index is -0.442. The second-order valence-corrected chi connectivity index (χ2v) is 9.04. The zero-order valence-electron chi connectivity index (χ0n) is 14.7. The zero-order valence-corrected chi connectivity index (χ0v) is 15.5. The van der Waals surface area contributed by atoms with Crippen LogP contribution in [0.1, 0.15) is 70.6 Å². The zero-order chi connectivity index (χ0) is 16.2. The molecule has 25 heavy (non-hydrogen) atoms. The number of ether oxygens (including phenoxy) is 4. The maximum absolute atomic E-state index is 9.83. The molecule has 5 fully saturated rings. The lowest BCUT2D eigenvalue weighted by molar-refractivity contribution is -0.218. The molecule has 3 saturated carbocycles. The Hall–Kier alpha value is 0.110. The average molecular weight is 374 g/mol. The molecule has 0 aromatic rings. The summed E-state index contributed by atoms with van der Waals surface area (Å²) in [4.78, 5) is 0. The molecule has 2 spiro atoms. The van der Waals surface area contributed by atoms with Gasteiger partial charge in [0.25, 0.3) is 0 Å². The van der Waals surface area contributed by atoms with Gasteiger partial charge >= 0.3 is 0 Å². The first-order valence-corrected chi connectivity index (χ1v) is 10.6. The molecule has 2 saturated heterocycles. The van der Waals surface area contributed by atoms with E-state index in [1.807, 2.05) is 0 Å². The molecule has 0 bridgehead atoms. The van der Waals surface area contributed by atoms with Gasteiger partial charge in [0.05, 0.1) is 11.4 Å². The highest BCUT2D eigenvalue weighted by molar-refractivity contribution is 7.94. The van der Waals surface area contributed by atoms with Gasteiger partial charge in [0, 0.05) is 25.7 Å². The fraction of sp³-hybridized carbons (Fsp3) is 1.00. The van der Waals surface area contributed by atoms with E-state index in [1.165, 1.54) is 25.7 Å². The van der Waals surface area contributed by atoms with Crippen LogP contribution in [0.2, 0.25) is 0 Å². The molecule has 5 rings (SSSR count). The minimum Gasteiger partial charge on any atom is -0.412 e. The molecule has 3 N–H and O–H groups in total. The lowest BCUT2D eigenvalue weighted by Gasteiger charge is -2.35. The second kappa shape index (κ2) is 6.93. The quantitative estimate of drug-likeness (QED) is 0.710. The topological polar surface area (TPSA) is 88.7 Å². The van der Waals surface area contributed by atoms with E-state index >= 15 is 0 Å². The molecule has 5 aliphatic rings. The van der Waals surface area contributed by atoms with Gasteiger partial charge in [0.15, 0.2) is 11.6 Å². The Bertz CT molecular complexity index is 476. The van der Waals surface area contributed by atoms with E-state index < -0.39 is 11.6 Å². The molecule has 2 heterocycles. The second-order valence-electron chi connectivity index (χ2n) is 8.23. The first kappa shape index (κ1) is 18.5. The van der Waals surface area contributed by atoms with Gasteiger partial charge in [0.1, 0.15) is 18.3 Å². The predicted octanol–water partition coefficient (Wildman–Crippen LogP) is 3.03. The molecule has 0 aromatic heterocycles. The molecule has 0 radical (unpaired) electrons. The SMILES string of the molecule is O.OS[C@H]1CC2OC3(CCCCC3)O[C@H]2C2OC3(CCCCC3)OC21. The highest BCUT2D eigenvalue weighted by Crippen LogP contribution is 2.52. The van der Waals surface area contributed by atoms with E-state index in [2.05, 4.69) is 0 Å². The molecular formula is C18H30O6S. The predicted molar refractivity (Wildman–Crippen MR) is 93.4 cm³/mol. The molecule has 6 nitrogen and oxygen atoms in total. The van der Waals surface area contributed by atoms with Gasteiger partial charge in [-0.05, 0) is 44.1 Å². The average Bonchev–Trinajstić information content (AvgIpc) is 3.14. The Morgan fingerprint density at radius 1 is 0.680 bits per heavy atom. The summed E-state index contributed by atoms with van der Waals surface area (Å²) in [5.41, 5.74) is 0. The maximum Gasteiger partial charge on any atom is 0.169 e. The lowest BCUT2D eigenvalue weighted by atomic mass is 9.89. The van der Waals surface area contributed by atoms with Crippen molar-refractivity contribution in [2.75, 3.05) is 0 Å². The number of fused-ring (bicyclic) bond motifs is 3. The summed E-state index contributed by atoms with van der Waals surface area (Å²) in [5.74, 6) is -0.846. The molecule has 0 amide bonds. The summed E-state index contributed by atoms with van der Waals surface area (Å²) < 4.78 is 35.7. The Balaban J connectivity index is 0.00000157. The summed E-state index contributed by atoms with van der Waals surface area (Å²) >= 11 is 0.913. The van der Waals surface area contributed by atoms with Crippen LogP contribution in [0.3, 0.4) is 0 Å². The van der Waals surface area contributed by atoms with Gasteiger partial charge in [-0.25, -0.2) is 0 Å². The Morgan fingerprint density at radius 2 is 1.20 bits per heavy atom. The van der Waals surface area contributed by atoms with E-state index in [-0.39, 0.29) is 35.1 Å². The Kier molecular flexibility index (Phi) is 5.12. The van der Waals surface area contributed by atoms with E-state index in [9.17, 15) is 4.55 Å². The van der Waals surface area contributed by atoms with Crippen molar-refractivity contribution in [1.82, 2.24) is 0 Å². The summed E-state index contributed by atoms with van der Waals surface area (Å²) in [6.07, 6.45) is 11.7. The van der Waals surface area contributed by atoms with Crippen LogP contribution >= 0.6 is 12.0 Å². The van der Waals surface area contributed by atoms with Crippen molar-refractivity contribution in [3.63, 3.8) is 0 Å². The minimum absolute atomic E-state index is 0. The fourth-order valence-electron chi connectivity index (χ4n) is 5.47. The van der Waals surface area contributed by atoms with Crippen molar-refractivity contribution in [3.05, 3.63) is 0 Å². The monoisotopic (exact) mass is 374 g/mol. The summed E-state index contributed by atoms with van der Waals surface area (Å²) in [5, 5.41) is 0.0138. The van der Waals surface area contributed by atoms with Crippen molar-refractivity contribution < 1.29 is 29.0 Å². The largest absolute Gasteiger partial charge is 0.412 e. The molecule has 0 aromatic carbocycles. The van der Waals surface area contributed by atoms with Crippen molar-refractivity contribution in [2.45, 2.75) is 112 Å². The molecule has 5 atom stereocenters. The van der Waals surface area contributed by atoms with E-state index in [4.69, 9.17) is 18.9 Å². The van der Waals surface area contributed by atoms with E-state index in [0.717, 1.165) is 57.0 Å². The van der Waals surface area contributed by atoms with Gasteiger partial charge in [0.2, 0.25) is 0 Å². The fourth-order valence-corrected chi connectivity index (χ4v) is 6.08. The van der Waals surface area contributed by atoms with Crippen LogP contribution in [0.25, 0.3) is 0 Å². The van der Waals surface area contributed by atoms with Crippen molar-refractivity contribution in [1.29, 1.82) is 0 Å². The van der Waals surface area contributed by atoms with Crippen LogP contribution in [-0.2, 0) is 18.9 Å². The van der Waals surface area contributed by atoms with Crippen molar-refractivity contribution in [2.24, 2.45) is 0 Å². The van der Waals surface area contributed by atoms with Gasteiger partial charge in [-0.3, -0.25) is 0 Å². The number of hydrogen-bond acceptors (Lipinski definition) is 6. The number of hydrogen-bond donors (Lipinski definition) is 1. The molecule has 3 aliphatic carbocycles. The standard InChI is InChI=1S/C18H28O5S.H2O/c19-24-13-11-12-14(21-17(20-12)7-3-1-4-8-17)16-15(13)22-18(23-16)9-5-2-6-10-18;/h12-16,19H,1-11H2;1H2/t12?,13-,14+,15?,16?;/m0./s1. The van der Waals surface area contributed by atoms with Crippen LogP contribution < -0.4 is 0 Å². The van der Waals surface area contributed by atoms with Crippen LogP contribution in [0.5, 0.6) is 0 Å². The van der Waals surface area contributed by atoms with Gasteiger partial charge in [-0.2, -0.15) is 0 Å².